The van der Waals surface area contributed by atoms with Crippen LogP contribution in [0.15, 0.2) is 0 Å². The standard InChI is InChI=1S/C15H30O2.Al.2ClH/c1-2-3-4-5-6-7-8-9-10-11-12-13-14-15(16)17;;;/h2-14H2,1H3,(H,16,17);;2*1H/q;+3;;/p-3. The molecule has 0 atom stereocenters. The Morgan fingerprint density at radius 2 is 1.00 bits per heavy atom. The van der Waals surface area contributed by atoms with Gasteiger partial charge in [-0.25, -0.2) is 0 Å². The summed E-state index contributed by atoms with van der Waals surface area (Å²) in [5.74, 6) is -0.905. The maximum Gasteiger partial charge on any atom is 3.00 e. The number of hydrogen-bond donors (Lipinski definition) is 0. The summed E-state index contributed by atoms with van der Waals surface area (Å²) in [4.78, 5) is 10.2. The van der Waals surface area contributed by atoms with Crippen LogP contribution in [0.2, 0.25) is 0 Å². The Kier molecular flexibility index (Phi) is 35.3. The molecule has 0 spiro atoms. The quantitative estimate of drug-likeness (QED) is 0.274. The molecule has 20 heavy (non-hydrogen) atoms. The van der Waals surface area contributed by atoms with E-state index in [0.29, 0.717) is 0 Å². The van der Waals surface area contributed by atoms with Gasteiger partial charge in [-0.2, -0.15) is 0 Å². The first-order valence-electron chi connectivity index (χ1n) is 7.47. The first kappa shape index (κ1) is 28.7. The normalized spacial score (nSPS) is 9.05. The monoisotopic (exact) mass is 338 g/mol. The van der Waals surface area contributed by atoms with Gasteiger partial charge in [0.15, 0.2) is 0 Å². The van der Waals surface area contributed by atoms with Crippen molar-refractivity contribution in [2.75, 3.05) is 0 Å². The number of halogens is 2. The molecule has 0 aliphatic carbocycles. The van der Waals surface area contributed by atoms with E-state index >= 15 is 0 Å². The zero-order valence-electron chi connectivity index (χ0n) is 12.8. The molecule has 0 aromatic rings. The van der Waals surface area contributed by atoms with E-state index in [2.05, 4.69) is 6.92 Å². The smallest absolute Gasteiger partial charge is 1.00 e. The van der Waals surface area contributed by atoms with E-state index in [1.165, 1.54) is 64.2 Å². The van der Waals surface area contributed by atoms with Gasteiger partial charge in [0.05, 0.1) is 0 Å². The van der Waals surface area contributed by atoms with Crippen molar-refractivity contribution < 1.29 is 34.7 Å². The van der Waals surface area contributed by atoms with Gasteiger partial charge in [-0.1, -0.05) is 77.6 Å². The van der Waals surface area contributed by atoms with Crippen LogP contribution in [0, 0.1) is 0 Å². The molecule has 0 aromatic heterocycles. The van der Waals surface area contributed by atoms with E-state index in [4.69, 9.17) is 0 Å². The van der Waals surface area contributed by atoms with Crippen LogP contribution in [0.25, 0.3) is 0 Å². The number of carbonyl (C=O) groups excluding carboxylic acids is 1. The van der Waals surface area contributed by atoms with E-state index in [1.54, 1.807) is 0 Å². The summed E-state index contributed by atoms with van der Waals surface area (Å²) in [6.07, 6.45) is 15.5. The molecule has 0 saturated carbocycles. The summed E-state index contributed by atoms with van der Waals surface area (Å²) in [5.41, 5.74) is 0. The predicted molar refractivity (Wildman–Crippen MR) is 76.5 cm³/mol. The van der Waals surface area contributed by atoms with Gasteiger partial charge in [0.2, 0.25) is 0 Å². The molecular formula is C15H29AlCl2O2. The molecule has 0 heterocycles. The second kappa shape index (κ2) is 24.6. The molecule has 0 aliphatic heterocycles. The van der Waals surface area contributed by atoms with Crippen LogP contribution in [0.1, 0.15) is 90.4 Å². The number of carboxylic acids is 1. The molecule has 0 unspecified atom stereocenters. The third-order valence-corrected chi connectivity index (χ3v) is 3.23. The van der Waals surface area contributed by atoms with Crippen LogP contribution < -0.4 is 29.9 Å². The number of unbranched alkanes of at least 4 members (excludes halogenated alkanes) is 11. The van der Waals surface area contributed by atoms with Crippen molar-refractivity contribution in [3.05, 3.63) is 0 Å². The van der Waals surface area contributed by atoms with Crippen molar-refractivity contribution in [3.63, 3.8) is 0 Å². The van der Waals surface area contributed by atoms with Crippen LogP contribution in [0.4, 0.5) is 0 Å². The number of aliphatic carboxylic acids is 1. The fraction of sp³-hybridized carbons (Fsp3) is 0.933. The number of hydrogen-bond acceptors (Lipinski definition) is 2. The first-order chi connectivity index (χ1) is 8.27. The Morgan fingerprint density at radius 3 is 1.30 bits per heavy atom. The molecule has 0 fully saturated rings. The summed E-state index contributed by atoms with van der Waals surface area (Å²) in [5, 5.41) is 10.2. The minimum Gasteiger partial charge on any atom is -1.00 e. The van der Waals surface area contributed by atoms with Crippen LogP contribution in [-0.4, -0.2) is 23.3 Å². The molecule has 2 nitrogen and oxygen atoms in total. The van der Waals surface area contributed by atoms with Gasteiger partial charge in [0, 0.05) is 5.97 Å². The summed E-state index contributed by atoms with van der Waals surface area (Å²) < 4.78 is 0. The van der Waals surface area contributed by atoms with Crippen LogP contribution in [-0.2, 0) is 4.79 Å². The topological polar surface area (TPSA) is 40.1 Å². The molecule has 0 aliphatic rings. The van der Waals surface area contributed by atoms with E-state index in [1.807, 2.05) is 0 Å². The first-order valence-corrected chi connectivity index (χ1v) is 7.47. The van der Waals surface area contributed by atoms with Crippen molar-refractivity contribution in [2.45, 2.75) is 90.4 Å². The summed E-state index contributed by atoms with van der Waals surface area (Å²) >= 11 is 0. The van der Waals surface area contributed by atoms with Crippen molar-refractivity contribution >= 4 is 23.3 Å². The fourth-order valence-electron chi connectivity index (χ4n) is 2.11. The molecule has 5 heteroatoms. The molecule has 0 amide bonds. The fourth-order valence-corrected chi connectivity index (χ4v) is 2.11. The van der Waals surface area contributed by atoms with Gasteiger partial charge >= 0.3 is 17.4 Å². The number of rotatable bonds is 13. The Balaban J connectivity index is -0.000000427. The van der Waals surface area contributed by atoms with Crippen molar-refractivity contribution in [1.29, 1.82) is 0 Å². The molecule has 0 rings (SSSR count). The van der Waals surface area contributed by atoms with Crippen molar-refractivity contribution in [1.82, 2.24) is 0 Å². The molecule has 0 N–H and O–H groups in total. The molecule has 0 radical (unpaired) electrons. The van der Waals surface area contributed by atoms with E-state index in [-0.39, 0.29) is 48.6 Å². The van der Waals surface area contributed by atoms with Gasteiger partial charge in [-0.15, -0.1) is 0 Å². The summed E-state index contributed by atoms with van der Waals surface area (Å²) in [6.45, 7) is 2.25. The van der Waals surface area contributed by atoms with E-state index in [9.17, 15) is 9.90 Å². The maximum atomic E-state index is 10.2. The maximum absolute atomic E-state index is 10.2. The molecule has 0 bridgehead atoms. The van der Waals surface area contributed by atoms with E-state index < -0.39 is 5.97 Å². The van der Waals surface area contributed by atoms with Crippen LogP contribution in [0.5, 0.6) is 0 Å². The second-order valence-corrected chi connectivity index (χ2v) is 5.01. The zero-order valence-corrected chi connectivity index (χ0v) is 15.5. The molecule has 0 saturated heterocycles. The molecule has 0 aromatic carbocycles. The minimum absolute atomic E-state index is 0. The SMILES string of the molecule is CCCCCCCCCCCCCCC(=O)[O-].[Al+3].[Cl-].[Cl-]. The third-order valence-electron chi connectivity index (χ3n) is 3.23. The Hall–Kier alpha value is 0.582. The van der Waals surface area contributed by atoms with Gasteiger partial charge in [0.1, 0.15) is 0 Å². The Bertz CT molecular complexity index is 181. The van der Waals surface area contributed by atoms with Gasteiger partial charge in [-0.05, 0) is 12.8 Å². The van der Waals surface area contributed by atoms with Crippen molar-refractivity contribution in [2.24, 2.45) is 0 Å². The van der Waals surface area contributed by atoms with Gasteiger partial charge < -0.3 is 34.7 Å². The third kappa shape index (κ3) is 27.0. The Morgan fingerprint density at radius 1 is 0.700 bits per heavy atom. The average Bonchev–Trinajstić information content (AvgIpc) is 2.30. The minimum atomic E-state index is -0.905. The van der Waals surface area contributed by atoms with Crippen molar-refractivity contribution in [3.8, 4) is 0 Å². The second-order valence-electron chi connectivity index (χ2n) is 5.01. The Labute approximate surface area is 148 Å². The average molecular weight is 339 g/mol. The summed E-state index contributed by atoms with van der Waals surface area (Å²) in [7, 11) is 0. The number of carboxylic acid groups (broad SMARTS) is 1. The van der Waals surface area contributed by atoms with Crippen LogP contribution >= 0.6 is 0 Å². The predicted octanol–water partition coefficient (Wildman–Crippen LogP) is -2.55. The van der Waals surface area contributed by atoms with E-state index in [0.717, 1.165) is 12.8 Å². The summed E-state index contributed by atoms with van der Waals surface area (Å²) in [6, 6.07) is 0. The molecular weight excluding hydrogens is 310 g/mol. The number of carbonyl (C=O) groups is 1. The van der Waals surface area contributed by atoms with Gasteiger partial charge in [0.25, 0.3) is 0 Å². The van der Waals surface area contributed by atoms with Crippen LogP contribution in [0.3, 0.4) is 0 Å². The molecule has 118 valence electrons. The zero-order chi connectivity index (χ0) is 12.8. The van der Waals surface area contributed by atoms with Gasteiger partial charge in [-0.3, -0.25) is 0 Å². The largest absolute Gasteiger partial charge is 3.00 e.